The number of H-pyrrole nitrogens is 1. The number of aromatic amines is 1. The molecule has 0 bridgehead atoms. The van der Waals surface area contributed by atoms with Gasteiger partial charge in [0.1, 0.15) is 0 Å². The number of hydrogen-bond acceptors (Lipinski definition) is 2. The molecule has 0 unspecified atom stereocenters. The highest BCUT2D eigenvalue weighted by atomic mass is 16.2. The molecule has 0 saturated heterocycles. The first kappa shape index (κ1) is 21.0. The fourth-order valence-electron chi connectivity index (χ4n) is 4.30. The number of aryl methyl sites for hydroxylation is 1. The van der Waals surface area contributed by atoms with Crippen molar-refractivity contribution >= 4 is 22.8 Å². The first-order valence-electron chi connectivity index (χ1n) is 11.0. The molecular formula is C25H31N5O. The molecule has 4 rings (SSSR count). The molecule has 1 aromatic heterocycles. The number of carbonyl (C=O) groups is 1. The quantitative estimate of drug-likeness (QED) is 0.313. The Labute approximate surface area is 183 Å². The molecule has 6 nitrogen and oxygen atoms in total. The number of guanidine groups is 1. The van der Waals surface area contributed by atoms with Gasteiger partial charge in [-0.25, -0.2) is 0 Å². The van der Waals surface area contributed by atoms with Crippen LogP contribution < -0.4 is 10.6 Å². The Balaban J connectivity index is 1.17. The predicted octanol–water partition coefficient (Wildman–Crippen LogP) is 3.51. The van der Waals surface area contributed by atoms with Crippen molar-refractivity contribution in [3.63, 3.8) is 0 Å². The van der Waals surface area contributed by atoms with Gasteiger partial charge in [-0.15, -0.1) is 0 Å². The highest BCUT2D eigenvalue weighted by Crippen LogP contribution is 2.23. The number of amides is 1. The number of nitrogens with zero attached hydrogens (tertiary/aromatic N) is 2. The van der Waals surface area contributed by atoms with Gasteiger partial charge in [-0.1, -0.05) is 42.5 Å². The molecule has 162 valence electrons. The van der Waals surface area contributed by atoms with Crippen molar-refractivity contribution in [1.82, 2.24) is 20.5 Å². The van der Waals surface area contributed by atoms with Crippen LogP contribution in [0.5, 0.6) is 0 Å². The van der Waals surface area contributed by atoms with Gasteiger partial charge in [-0.2, -0.15) is 0 Å². The fraction of sp³-hybridized carbons (Fsp3) is 0.360. The number of para-hydroxylation sites is 1. The molecule has 2 heterocycles. The van der Waals surface area contributed by atoms with Crippen LogP contribution >= 0.6 is 0 Å². The van der Waals surface area contributed by atoms with E-state index in [9.17, 15) is 4.79 Å². The number of hydrogen-bond donors (Lipinski definition) is 3. The predicted molar refractivity (Wildman–Crippen MR) is 126 cm³/mol. The van der Waals surface area contributed by atoms with E-state index in [1.807, 2.05) is 17.0 Å². The topological polar surface area (TPSA) is 72.5 Å². The standard InChI is InChI=1S/C25H31N5O/c1-18-21(22-10-5-6-11-23(22)29-18)13-15-28-25(26-2)27-14-7-12-24(31)30-16-19-8-3-4-9-20(19)17-30/h3-6,8-11,29H,7,12-17H2,1-2H3,(H2,26,27,28). The molecular weight excluding hydrogens is 386 g/mol. The van der Waals surface area contributed by atoms with Gasteiger partial charge in [0.2, 0.25) is 5.91 Å². The summed E-state index contributed by atoms with van der Waals surface area (Å²) in [5, 5.41) is 7.99. The number of fused-ring (bicyclic) bond motifs is 2. The number of aromatic nitrogens is 1. The Morgan fingerprint density at radius 2 is 1.71 bits per heavy atom. The molecule has 0 atom stereocenters. The highest BCUT2D eigenvalue weighted by Gasteiger charge is 2.22. The Hall–Kier alpha value is -3.28. The minimum Gasteiger partial charge on any atom is -0.358 e. The lowest BCUT2D eigenvalue weighted by Crippen LogP contribution is -2.39. The lowest BCUT2D eigenvalue weighted by molar-refractivity contribution is -0.131. The van der Waals surface area contributed by atoms with E-state index in [1.165, 1.54) is 33.3 Å². The zero-order chi connectivity index (χ0) is 21.6. The van der Waals surface area contributed by atoms with E-state index >= 15 is 0 Å². The van der Waals surface area contributed by atoms with Crippen molar-refractivity contribution in [3.8, 4) is 0 Å². The second-order valence-electron chi connectivity index (χ2n) is 8.07. The summed E-state index contributed by atoms with van der Waals surface area (Å²) in [6.07, 6.45) is 2.25. The molecule has 3 N–H and O–H groups in total. The Bertz CT molecular complexity index is 1060. The molecule has 0 radical (unpaired) electrons. The third-order valence-corrected chi connectivity index (χ3v) is 5.97. The van der Waals surface area contributed by atoms with Crippen LogP contribution in [0, 0.1) is 6.92 Å². The van der Waals surface area contributed by atoms with Gasteiger partial charge in [0, 0.05) is 56.2 Å². The van der Waals surface area contributed by atoms with E-state index in [4.69, 9.17) is 0 Å². The summed E-state index contributed by atoms with van der Waals surface area (Å²) in [4.78, 5) is 22.2. The van der Waals surface area contributed by atoms with Crippen molar-refractivity contribution in [2.24, 2.45) is 4.99 Å². The first-order chi connectivity index (χ1) is 15.2. The largest absolute Gasteiger partial charge is 0.358 e. The van der Waals surface area contributed by atoms with Crippen LogP contribution in [0.2, 0.25) is 0 Å². The number of nitrogens with one attached hydrogen (secondary N) is 3. The van der Waals surface area contributed by atoms with Gasteiger partial charge in [-0.05, 0) is 42.5 Å². The third-order valence-electron chi connectivity index (χ3n) is 5.97. The summed E-state index contributed by atoms with van der Waals surface area (Å²) in [6, 6.07) is 16.7. The summed E-state index contributed by atoms with van der Waals surface area (Å²) in [6.45, 7) is 5.11. The number of aliphatic imine (C=N–C) groups is 1. The second kappa shape index (κ2) is 9.69. The minimum absolute atomic E-state index is 0.218. The van der Waals surface area contributed by atoms with Crippen molar-refractivity contribution < 1.29 is 4.79 Å². The summed E-state index contributed by atoms with van der Waals surface area (Å²) in [5.74, 6) is 0.995. The van der Waals surface area contributed by atoms with E-state index in [0.717, 1.165) is 45.0 Å². The zero-order valence-corrected chi connectivity index (χ0v) is 18.4. The van der Waals surface area contributed by atoms with Crippen LogP contribution in [0.25, 0.3) is 10.9 Å². The third kappa shape index (κ3) is 4.90. The van der Waals surface area contributed by atoms with E-state index in [0.29, 0.717) is 6.42 Å². The van der Waals surface area contributed by atoms with E-state index in [1.54, 1.807) is 7.05 Å². The first-order valence-corrected chi connectivity index (χ1v) is 11.0. The van der Waals surface area contributed by atoms with Gasteiger partial charge in [-0.3, -0.25) is 9.79 Å². The maximum absolute atomic E-state index is 12.5. The molecule has 6 heteroatoms. The summed E-state index contributed by atoms with van der Waals surface area (Å²) in [5.41, 5.74) is 6.28. The Kier molecular flexibility index (Phi) is 6.55. The van der Waals surface area contributed by atoms with Crippen molar-refractivity contribution in [3.05, 3.63) is 70.9 Å². The van der Waals surface area contributed by atoms with Crippen LogP contribution in [-0.4, -0.2) is 41.9 Å². The highest BCUT2D eigenvalue weighted by molar-refractivity contribution is 5.85. The molecule has 0 spiro atoms. The van der Waals surface area contributed by atoms with Crippen molar-refractivity contribution in [2.45, 2.75) is 39.3 Å². The summed E-state index contributed by atoms with van der Waals surface area (Å²) >= 11 is 0. The Morgan fingerprint density at radius 1 is 1.03 bits per heavy atom. The van der Waals surface area contributed by atoms with Gasteiger partial charge < -0.3 is 20.5 Å². The molecule has 3 aromatic rings. The molecule has 0 fully saturated rings. The van der Waals surface area contributed by atoms with Gasteiger partial charge in [0.05, 0.1) is 0 Å². The molecule has 1 aliphatic rings. The lowest BCUT2D eigenvalue weighted by atomic mass is 10.1. The van der Waals surface area contributed by atoms with E-state index in [-0.39, 0.29) is 5.91 Å². The normalized spacial score (nSPS) is 13.5. The maximum Gasteiger partial charge on any atom is 0.223 e. The smallest absolute Gasteiger partial charge is 0.223 e. The van der Waals surface area contributed by atoms with Crippen molar-refractivity contribution in [2.75, 3.05) is 20.1 Å². The molecule has 0 saturated carbocycles. The molecule has 1 aliphatic heterocycles. The van der Waals surface area contributed by atoms with Crippen LogP contribution in [0.4, 0.5) is 0 Å². The summed E-state index contributed by atoms with van der Waals surface area (Å²) in [7, 11) is 1.78. The van der Waals surface area contributed by atoms with Crippen molar-refractivity contribution in [1.29, 1.82) is 0 Å². The number of rotatable bonds is 7. The second-order valence-corrected chi connectivity index (χ2v) is 8.07. The van der Waals surface area contributed by atoms with E-state index in [2.05, 4.69) is 63.9 Å². The van der Waals surface area contributed by atoms with Crippen LogP contribution in [0.1, 0.15) is 35.2 Å². The number of carbonyl (C=O) groups excluding carboxylic acids is 1. The van der Waals surface area contributed by atoms with Gasteiger partial charge >= 0.3 is 0 Å². The zero-order valence-electron chi connectivity index (χ0n) is 18.4. The average Bonchev–Trinajstić information content (AvgIpc) is 3.36. The van der Waals surface area contributed by atoms with Crippen LogP contribution in [0.15, 0.2) is 53.5 Å². The van der Waals surface area contributed by atoms with Crippen LogP contribution in [-0.2, 0) is 24.3 Å². The monoisotopic (exact) mass is 417 g/mol. The number of benzene rings is 2. The summed E-state index contributed by atoms with van der Waals surface area (Å²) < 4.78 is 0. The minimum atomic E-state index is 0.218. The Morgan fingerprint density at radius 3 is 2.45 bits per heavy atom. The molecule has 0 aliphatic carbocycles. The SMILES string of the molecule is CN=C(NCCCC(=O)N1Cc2ccccc2C1)NCCc1c(C)[nH]c2ccccc12. The molecule has 31 heavy (non-hydrogen) atoms. The van der Waals surface area contributed by atoms with E-state index < -0.39 is 0 Å². The molecule has 1 amide bonds. The lowest BCUT2D eigenvalue weighted by Gasteiger charge is -2.16. The maximum atomic E-state index is 12.5. The van der Waals surface area contributed by atoms with Crippen LogP contribution in [0.3, 0.4) is 0 Å². The van der Waals surface area contributed by atoms with Gasteiger partial charge in [0.25, 0.3) is 0 Å². The fourth-order valence-corrected chi connectivity index (χ4v) is 4.30. The van der Waals surface area contributed by atoms with Gasteiger partial charge in [0.15, 0.2) is 5.96 Å². The average molecular weight is 418 g/mol. The molecule has 2 aromatic carbocycles.